The summed E-state index contributed by atoms with van der Waals surface area (Å²) in [7, 11) is 0. The van der Waals surface area contributed by atoms with Gasteiger partial charge in [-0.25, -0.2) is 14.8 Å². The number of anilines is 1. The second-order valence-electron chi connectivity index (χ2n) is 6.74. The molecule has 1 atom stereocenters. The number of halogens is 1. The van der Waals surface area contributed by atoms with Gasteiger partial charge in [0.05, 0.1) is 0 Å². The largest absolute Gasteiger partial charge is 1.00 e. The summed E-state index contributed by atoms with van der Waals surface area (Å²) >= 11 is 0. The van der Waals surface area contributed by atoms with Gasteiger partial charge in [-0.05, 0) is 18.1 Å². The van der Waals surface area contributed by atoms with Gasteiger partial charge < -0.3 is 27.2 Å². The van der Waals surface area contributed by atoms with Crippen molar-refractivity contribution in [3.63, 3.8) is 0 Å². The molecule has 0 spiro atoms. The summed E-state index contributed by atoms with van der Waals surface area (Å²) in [6, 6.07) is 16.4. The van der Waals surface area contributed by atoms with E-state index >= 15 is 0 Å². The number of hydrogen-bond acceptors (Lipinski definition) is 5. The molecule has 0 saturated heterocycles. The maximum atomic E-state index is 11.7. The molecule has 6 nitrogen and oxygen atoms in total. The molecule has 28 heavy (non-hydrogen) atoms. The summed E-state index contributed by atoms with van der Waals surface area (Å²) in [6.45, 7) is 3.70. The molecule has 0 fully saturated rings. The molecular weight excluding hydrogens is 378 g/mol. The summed E-state index contributed by atoms with van der Waals surface area (Å²) in [4.78, 5) is 21.0. The summed E-state index contributed by atoms with van der Waals surface area (Å²) in [5, 5.41) is 13.5. The Morgan fingerprint density at radius 3 is 2.39 bits per heavy atom. The van der Waals surface area contributed by atoms with Crippen LogP contribution in [-0.4, -0.2) is 27.1 Å². The number of furan rings is 1. The Kier molecular flexibility index (Phi) is 5.51. The summed E-state index contributed by atoms with van der Waals surface area (Å²) in [5.41, 5.74) is 2.66. The van der Waals surface area contributed by atoms with Crippen molar-refractivity contribution in [2.45, 2.75) is 19.9 Å². The van der Waals surface area contributed by atoms with E-state index in [2.05, 4.69) is 10.3 Å². The second-order valence-corrected chi connectivity index (χ2v) is 6.74. The number of aromatic nitrogens is 2. The van der Waals surface area contributed by atoms with Crippen LogP contribution in [0.3, 0.4) is 0 Å². The zero-order valence-corrected chi connectivity index (χ0v) is 16.1. The van der Waals surface area contributed by atoms with Gasteiger partial charge in [-0.3, -0.25) is 0 Å². The van der Waals surface area contributed by atoms with Crippen molar-refractivity contribution in [1.82, 2.24) is 9.97 Å². The molecule has 0 aliphatic carbocycles. The van der Waals surface area contributed by atoms with E-state index in [9.17, 15) is 9.90 Å². The third kappa shape index (κ3) is 3.51. The molecule has 0 aliphatic heterocycles. The van der Waals surface area contributed by atoms with E-state index in [1.54, 1.807) is 0 Å². The van der Waals surface area contributed by atoms with Crippen LogP contribution in [0.4, 0.5) is 5.82 Å². The zero-order valence-electron chi connectivity index (χ0n) is 15.4. The third-order valence-corrected chi connectivity index (χ3v) is 4.48. The Morgan fingerprint density at radius 1 is 1.04 bits per heavy atom. The molecule has 7 heteroatoms. The molecule has 0 bridgehead atoms. The number of carboxylic acid groups (broad SMARTS) is 1. The first-order valence-corrected chi connectivity index (χ1v) is 8.78. The normalized spacial score (nSPS) is 12.1. The lowest BCUT2D eigenvalue weighted by Crippen LogP contribution is -3.00. The molecular formula is C21H19ClN3O3-. The van der Waals surface area contributed by atoms with Crippen molar-refractivity contribution in [2.75, 3.05) is 5.32 Å². The van der Waals surface area contributed by atoms with Crippen LogP contribution in [0.1, 0.15) is 13.8 Å². The number of benzene rings is 2. The molecule has 2 heterocycles. The van der Waals surface area contributed by atoms with E-state index in [1.165, 1.54) is 0 Å². The quantitative estimate of drug-likeness (QED) is 0.532. The Morgan fingerprint density at radius 2 is 1.71 bits per heavy atom. The summed E-state index contributed by atoms with van der Waals surface area (Å²) < 4.78 is 5.95. The number of fused-ring (bicyclic) bond motifs is 3. The number of carbonyl (C=O) groups is 1. The van der Waals surface area contributed by atoms with Crippen LogP contribution in [0.15, 0.2) is 59.0 Å². The van der Waals surface area contributed by atoms with Crippen molar-refractivity contribution in [1.29, 1.82) is 0 Å². The van der Waals surface area contributed by atoms with Gasteiger partial charge in [-0.2, -0.15) is 0 Å². The number of aliphatic carboxylic acids is 1. The van der Waals surface area contributed by atoms with E-state index in [-0.39, 0.29) is 18.3 Å². The standard InChI is InChI=1S/C21H19N3O3.ClH/c1-12(2)16(21(25)26)22-20-18-17(14-10-6-7-11-15(14)27-18)23-19(24-20)13-8-4-3-5-9-13;/h3-12,16H,1-2H3,(H,25,26)(H,22,23,24);1H/p-1. The molecule has 1 unspecified atom stereocenters. The molecule has 0 radical (unpaired) electrons. The third-order valence-electron chi connectivity index (χ3n) is 4.48. The van der Waals surface area contributed by atoms with Crippen LogP contribution >= 0.6 is 0 Å². The van der Waals surface area contributed by atoms with Crippen molar-refractivity contribution in [3.05, 3.63) is 54.6 Å². The maximum absolute atomic E-state index is 11.7. The topological polar surface area (TPSA) is 88.3 Å². The lowest BCUT2D eigenvalue weighted by atomic mass is 10.0. The average molecular weight is 397 g/mol. The predicted molar refractivity (Wildman–Crippen MR) is 105 cm³/mol. The van der Waals surface area contributed by atoms with E-state index in [1.807, 2.05) is 68.4 Å². The highest BCUT2D eigenvalue weighted by Gasteiger charge is 2.25. The van der Waals surface area contributed by atoms with Crippen molar-refractivity contribution < 1.29 is 26.7 Å². The minimum absolute atomic E-state index is 0. The molecule has 144 valence electrons. The van der Waals surface area contributed by atoms with E-state index in [0.717, 1.165) is 10.9 Å². The Balaban J connectivity index is 0.00000225. The minimum Gasteiger partial charge on any atom is -1.00 e. The number of rotatable bonds is 5. The number of hydrogen-bond donors (Lipinski definition) is 2. The molecule has 4 aromatic rings. The number of para-hydroxylation sites is 1. The predicted octanol–water partition coefficient (Wildman–Crippen LogP) is 1.57. The first kappa shape index (κ1) is 19.6. The SMILES string of the molecule is CC(C)C(Nc1nc(-c2ccccc2)nc2c1oc1ccccc12)C(=O)O.[Cl-]. The zero-order chi connectivity index (χ0) is 19.0. The van der Waals surface area contributed by atoms with Gasteiger partial charge in [-0.15, -0.1) is 0 Å². The maximum Gasteiger partial charge on any atom is 0.326 e. The number of nitrogens with one attached hydrogen (secondary N) is 1. The fourth-order valence-corrected chi connectivity index (χ4v) is 3.07. The van der Waals surface area contributed by atoms with Crippen LogP contribution in [0.5, 0.6) is 0 Å². The second kappa shape index (κ2) is 7.86. The van der Waals surface area contributed by atoms with Gasteiger partial charge in [0.2, 0.25) is 0 Å². The van der Waals surface area contributed by atoms with Crippen LogP contribution < -0.4 is 17.7 Å². The van der Waals surface area contributed by atoms with Gasteiger partial charge in [0.15, 0.2) is 17.2 Å². The van der Waals surface area contributed by atoms with E-state index in [4.69, 9.17) is 9.40 Å². The van der Waals surface area contributed by atoms with Crippen molar-refractivity contribution >= 4 is 33.9 Å². The molecule has 2 N–H and O–H groups in total. The Hall–Kier alpha value is -3.12. The van der Waals surface area contributed by atoms with Crippen LogP contribution in [0, 0.1) is 5.92 Å². The van der Waals surface area contributed by atoms with Crippen molar-refractivity contribution in [3.8, 4) is 11.4 Å². The molecule has 0 amide bonds. The van der Waals surface area contributed by atoms with Crippen LogP contribution in [-0.2, 0) is 4.79 Å². The Bertz CT molecular complexity index is 1130. The average Bonchev–Trinajstić information content (AvgIpc) is 3.05. The fourth-order valence-electron chi connectivity index (χ4n) is 3.07. The van der Waals surface area contributed by atoms with Gasteiger partial charge in [0.25, 0.3) is 0 Å². The van der Waals surface area contributed by atoms with Gasteiger partial charge in [0, 0.05) is 10.9 Å². The molecule has 2 aromatic heterocycles. The van der Waals surface area contributed by atoms with Gasteiger partial charge in [0.1, 0.15) is 17.1 Å². The first-order valence-electron chi connectivity index (χ1n) is 8.78. The van der Waals surface area contributed by atoms with E-state index in [0.29, 0.717) is 28.3 Å². The molecule has 0 aliphatic rings. The minimum atomic E-state index is -0.936. The molecule has 4 rings (SSSR count). The Labute approximate surface area is 168 Å². The molecule has 2 aromatic carbocycles. The number of carboxylic acids is 1. The monoisotopic (exact) mass is 396 g/mol. The summed E-state index contributed by atoms with van der Waals surface area (Å²) in [5.74, 6) is -0.160. The van der Waals surface area contributed by atoms with Crippen molar-refractivity contribution in [2.24, 2.45) is 5.92 Å². The van der Waals surface area contributed by atoms with E-state index < -0.39 is 12.0 Å². The highest BCUT2D eigenvalue weighted by Crippen LogP contribution is 2.33. The van der Waals surface area contributed by atoms with Crippen LogP contribution in [0.2, 0.25) is 0 Å². The lowest BCUT2D eigenvalue weighted by molar-refractivity contribution is -0.138. The number of nitrogens with zero attached hydrogens (tertiary/aromatic N) is 2. The van der Waals surface area contributed by atoms with Gasteiger partial charge >= 0.3 is 5.97 Å². The lowest BCUT2D eigenvalue weighted by Gasteiger charge is -2.18. The first-order chi connectivity index (χ1) is 13.0. The van der Waals surface area contributed by atoms with Gasteiger partial charge in [-0.1, -0.05) is 56.3 Å². The highest BCUT2D eigenvalue weighted by atomic mass is 35.5. The molecule has 0 saturated carbocycles. The highest BCUT2D eigenvalue weighted by molar-refractivity contribution is 6.06. The summed E-state index contributed by atoms with van der Waals surface area (Å²) in [6.07, 6.45) is 0. The smallest absolute Gasteiger partial charge is 0.326 e. The fraction of sp³-hybridized carbons (Fsp3) is 0.190. The van der Waals surface area contributed by atoms with Crippen LogP contribution in [0.25, 0.3) is 33.5 Å².